The second-order valence-electron chi connectivity index (χ2n) is 9.83. The highest BCUT2D eigenvalue weighted by Gasteiger charge is 2.37. The van der Waals surface area contributed by atoms with E-state index in [-0.39, 0.29) is 6.61 Å². The summed E-state index contributed by atoms with van der Waals surface area (Å²) in [5.41, 5.74) is 8.76. The van der Waals surface area contributed by atoms with Crippen LogP contribution in [0.1, 0.15) is 44.4 Å². The van der Waals surface area contributed by atoms with E-state index in [0.717, 1.165) is 33.5 Å². The highest BCUT2D eigenvalue weighted by atomic mass is 35.5. The summed E-state index contributed by atoms with van der Waals surface area (Å²) in [6.07, 6.45) is 0. The Bertz CT molecular complexity index is 1390. The molecule has 1 aromatic heterocycles. The molecular weight excluding hydrogens is 464 g/mol. The Morgan fingerprint density at radius 2 is 1.60 bits per heavy atom. The van der Waals surface area contributed by atoms with Crippen LogP contribution in [-0.4, -0.2) is 26.4 Å². The molecule has 35 heavy (non-hydrogen) atoms. The summed E-state index contributed by atoms with van der Waals surface area (Å²) >= 11 is 6.36. The minimum Gasteiger partial charge on any atom is -0.434 e. The number of hydrogen-bond acceptors (Lipinski definition) is 6. The molecule has 0 amide bonds. The summed E-state index contributed by atoms with van der Waals surface area (Å²) in [4.78, 5) is 10.5. The molecule has 0 aliphatic rings. The van der Waals surface area contributed by atoms with Gasteiger partial charge in [0.05, 0.1) is 22.9 Å². The highest BCUT2D eigenvalue weighted by molar-refractivity contribution is 6.34. The average molecular weight is 495 g/mol. The number of rotatable bonds is 7. The van der Waals surface area contributed by atoms with Gasteiger partial charge in [0.1, 0.15) is 11.1 Å². The zero-order valence-electron chi connectivity index (χ0n) is 20.9. The first kappa shape index (κ1) is 25.2. The van der Waals surface area contributed by atoms with Gasteiger partial charge in [0.2, 0.25) is 5.89 Å². The van der Waals surface area contributed by atoms with E-state index >= 15 is 0 Å². The van der Waals surface area contributed by atoms with Gasteiger partial charge in [-0.3, -0.25) is 10.3 Å². The monoisotopic (exact) mass is 494 g/mol. The van der Waals surface area contributed by atoms with E-state index < -0.39 is 11.2 Å². The fraction of sp³-hybridized carbons (Fsp3) is 0.321. The van der Waals surface area contributed by atoms with Crippen LogP contribution in [0.3, 0.4) is 0 Å². The van der Waals surface area contributed by atoms with Crippen LogP contribution in [0, 0.1) is 13.8 Å². The molecule has 184 valence electrons. The third-order valence-electron chi connectivity index (χ3n) is 6.76. The van der Waals surface area contributed by atoms with Gasteiger partial charge in [0.25, 0.3) is 0 Å². The van der Waals surface area contributed by atoms with Crippen LogP contribution in [0.5, 0.6) is 0 Å². The predicted molar refractivity (Wildman–Crippen MR) is 140 cm³/mol. The maximum absolute atomic E-state index is 10.4. The lowest BCUT2D eigenvalue weighted by atomic mass is 9.90. The summed E-state index contributed by atoms with van der Waals surface area (Å²) in [5.74, 6) is 0.471. The molecule has 0 fully saturated rings. The van der Waals surface area contributed by atoms with Crippen molar-refractivity contribution in [1.29, 1.82) is 0 Å². The van der Waals surface area contributed by atoms with Crippen molar-refractivity contribution in [3.63, 3.8) is 0 Å². The van der Waals surface area contributed by atoms with Crippen molar-refractivity contribution in [2.45, 2.75) is 59.4 Å². The number of halogens is 1. The lowest BCUT2D eigenvalue weighted by molar-refractivity contribution is -0.130. The first-order valence-corrected chi connectivity index (χ1v) is 11.9. The van der Waals surface area contributed by atoms with Crippen molar-refractivity contribution in [1.82, 2.24) is 4.98 Å². The van der Waals surface area contributed by atoms with E-state index in [1.807, 2.05) is 52.0 Å². The van der Waals surface area contributed by atoms with Gasteiger partial charge in [-0.15, -0.1) is 0 Å². The molecule has 1 heterocycles. The number of nitrogens with zero attached hydrogens (tertiary/aromatic N) is 1. The van der Waals surface area contributed by atoms with Crippen molar-refractivity contribution in [2.75, 3.05) is 5.48 Å². The molecule has 0 unspecified atom stereocenters. The number of nitrogens with one attached hydrogen (secondary N) is 1. The minimum absolute atomic E-state index is 0.118. The lowest BCUT2D eigenvalue weighted by Crippen LogP contribution is -2.48. The molecule has 4 aromatic rings. The van der Waals surface area contributed by atoms with Crippen molar-refractivity contribution >= 4 is 28.4 Å². The van der Waals surface area contributed by atoms with Crippen molar-refractivity contribution in [2.24, 2.45) is 0 Å². The van der Waals surface area contributed by atoms with Crippen LogP contribution in [-0.2, 0) is 11.4 Å². The van der Waals surface area contributed by atoms with Crippen molar-refractivity contribution < 1.29 is 19.5 Å². The lowest BCUT2D eigenvalue weighted by Gasteiger charge is -2.36. The Morgan fingerprint density at radius 3 is 2.26 bits per heavy atom. The number of aliphatic hydroxyl groups is 2. The van der Waals surface area contributed by atoms with E-state index in [1.165, 1.54) is 0 Å². The van der Waals surface area contributed by atoms with E-state index in [1.54, 1.807) is 26.0 Å². The fourth-order valence-electron chi connectivity index (χ4n) is 3.76. The molecular formula is C28H31ClN2O4. The molecule has 3 aromatic carbocycles. The van der Waals surface area contributed by atoms with Gasteiger partial charge >= 0.3 is 0 Å². The Morgan fingerprint density at radius 1 is 0.971 bits per heavy atom. The molecule has 4 rings (SSSR count). The smallest absolute Gasteiger partial charge is 0.227 e. The number of aromatic nitrogens is 1. The van der Waals surface area contributed by atoms with Gasteiger partial charge in [-0.2, -0.15) is 0 Å². The molecule has 0 radical (unpaired) electrons. The predicted octanol–water partition coefficient (Wildman–Crippen LogP) is 6.82. The zero-order valence-corrected chi connectivity index (χ0v) is 21.6. The summed E-state index contributed by atoms with van der Waals surface area (Å²) in [6, 6.07) is 15.4. The molecule has 6 nitrogen and oxygen atoms in total. The van der Waals surface area contributed by atoms with Gasteiger partial charge in [-0.25, -0.2) is 4.98 Å². The van der Waals surface area contributed by atoms with Crippen LogP contribution in [0.2, 0.25) is 5.02 Å². The second kappa shape index (κ2) is 9.28. The largest absolute Gasteiger partial charge is 0.434 e. The minimum atomic E-state index is -1.03. The number of hydrogen-bond donors (Lipinski definition) is 3. The van der Waals surface area contributed by atoms with Crippen LogP contribution >= 0.6 is 11.6 Å². The molecule has 0 saturated carbocycles. The van der Waals surface area contributed by atoms with Gasteiger partial charge in [0, 0.05) is 5.56 Å². The molecule has 0 aliphatic carbocycles. The van der Waals surface area contributed by atoms with Crippen LogP contribution in [0.25, 0.3) is 33.7 Å². The first-order chi connectivity index (χ1) is 16.4. The first-order valence-electron chi connectivity index (χ1n) is 11.5. The number of benzene rings is 3. The summed E-state index contributed by atoms with van der Waals surface area (Å²) < 4.78 is 6.04. The Hall–Kier alpha value is -2.90. The number of fused-ring (bicyclic) bond motifs is 1. The third kappa shape index (κ3) is 4.80. The molecule has 0 bridgehead atoms. The SMILES string of the molecule is Cc1c(NOC(C)(C)C(C)(C)O)cccc1-c1cccc(-c2nc3cc(CO)cc(Cl)c3o2)c1C. The van der Waals surface area contributed by atoms with Gasteiger partial charge in [0.15, 0.2) is 5.58 Å². The molecule has 0 aliphatic heterocycles. The van der Waals surface area contributed by atoms with Gasteiger partial charge in [-0.1, -0.05) is 35.9 Å². The average Bonchev–Trinajstić information content (AvgIpc) is 3.22. The standard InChI is InChI=1S/C28H31ClN2O4/c1-16-19(20-10-8-12-23(17(20)2)31-35-28(5,6)27(3,4)33)9-7-11-21(16)26-30-24-14-18(15-32)13-22(29)25(24)34-26/h7-14,31-33H,15H2,1-6H3. The summed E-state index contributed by atoms with van der Waals surface area (Å²) in [6.45, 7) is 11.1. The van der Waals surface area contributed by atoms with Crippen molar-refractivity contribution in [3.05, 3.63) is 70.2 Å². The van der Waals surface area contributed by atoms with E-state index in [2.05, 4.69) is 22.6 Å². The zero-order chi connectivity index (χ0) is 25.5. The van der Waals surface area contributed by atoms with Crippen molar-refractivity contribution in [3.8, 4) is 22.6 Å². The Kier molecular flexibility index (Phi) is 6.68. The topological polar surface area (TPSA) is 87.8 Å². The Labute approximate surface area is 210 Å². The fourth-order valence-corrected chi connectivity index (χ4v) is 4.03. The highest BCUT2D eigenvalue weighted by Crippen LogP contribution is 2.37. The van der Waals surface area contributed by atoms with E-state index in [9.17, 15) is 10.2 Å². The van der Waals surface area contributed by atoms with Gasteiger partial charge < -0.3 is 14.6 Å². The normalized spacial score (nSPS) is 12.4. The van der Waals surface area contributed by atoms with Crippen LogP contribution in [0.4, 0.5) is 5.69 Å². The maximum Gasteiger partial charge on any atom is 0.227 e. The number of aliphatic hydroxyl groups excluding tert-OH is 1. The van der Waals surface area contributed by atoms with Crippen LogP contribution < -0.4 is 5.48 Å². The molecule has 3 N–H and O–H groups in total. The van der Waals surface area contributed by atoms with Crippen LogP contribution in [0.15, 0.2) is 52.9 Å². The number of oxazole rings is 1. The molecule has 0 spiro atoms. The quantitative estimate of drug-likeness (QED) is 0.244. The summed E-state index contributed by atoms with van der Waals surface area (Å²) in [5, 5.41) is 20.3. The molecule has 7 heteroatoms. The maximum atomic E-state index is 10.4. The third-order valence-corrected chi connectivity index (χ3v) is 7.05. The number of anilines is 1. The van der Waals surface area contributed by atoms with E-state index in [0.29, 0.717) is 27.6 Å². The van der Waals surface area contributed by atoms with E-state index in [4.69, 9.17) is 20.9 Å². The Balaban J connectivity index is 1.72. The second-order valence-corrected chi connectivity index (χ2v) is 10.2. The van der Waals surface area contributed by atoms with Gasteiger partial charge in [-0.05, 0) is 93.6 Å². The molecule has 0 saturated heterocycles. The molecule has 0 atom stereocenters. The summed E-state index contributed by atoms with van der Waals surface area (Å²) in [7, 11) is 0.